The Balaban J connectivity index is 1.74. The van der Waals surface area contributed by atoms with Gasteiger partial charge in [-0.25, -0.2) is 5.01 Å². The molecule has 0 aromatic heterocycles. The molecule has 3 rings (SSSR count). The predicted molar refractivity (Wildman–Crippen MR) is 86.0 cm³/mol. The van der Waals surface area contributed by atoms with Crippen molar-refractivity contribution < 1.29 is 9.59 Å². The van der Waals surface area contributed by atoms with Crippen LogP contribution in [0.3, 0.4) is 0 Å². The first-order valence-electron chi connectivity index (χ1n) is 6.97. The smallest absolute Gasteiger partial charge is 0.255 e. The van der Waals surface area contributed by atoms with E-state index in [0.717, 1.165) is 11.4 Å². The Labute approximate surface area is 128 Å². The van der Waals surface area contributed by atoms with Gasteiger partial charge in [0.25, 0.3) is 11.8 Å². The first kappa shape index (κ1) is 14.0. The van der Waals surface area contributed by atoms with E-state index in [1.54, 1.807) is 24.3 Å². The van der Waals surface area contributed by atoms with E-state index in [1.807, 2.05) is 37.3 Å². The topological polar surface area (TPSA) is 61.8 Å². The second-order valence-corrected chi connectivity index (χ2v) is 5.08. The van der Waals surface area contributed by atoms with E-state index in [-0.39, 0.29) is 11.8 Å². The fourth-order valence-corrected chi connectivity index (χ4v) is 2.24. The number of benzene rings is 2. The van der Waals surface area contributed by atoms with E-state index < -0.39 is 0 Å². The van der Waals surface area contributed by atoms with Gasteiger partial charge in [0.2, 0.25) is 0 Å². The highest BCUT2D eigenvalue weighted by atomic mass is 16.2. The summed E-state index contributed by atoms with van der Waals surface area (Å²) >= 11 is 0. The molecule has 2 aromatic carbocycles. The third-order valence-corrected chi connectivity index (χ3v) is 3.32. The van der Waals surface area contributed by atoms with Gasteiger partial charge in [0, 0.05) is 17.0 Å². The van der Waals surface area contributed by atoms with Crippen molar-refractivity contribution in [1.82, 2.24) is 0 Å². The van der Waals surface area contributed by atoms with Crippen LogP contribution >= 0.6 is 0 Å². The number of anilines is 2. The van der Waals surface area contributed by atoms with E-state index in [9.17, 15) is 9.59 Å². The Morgan fingerprint density at radius 3 is 2.36 bits per heavy atom. The van der Waals surface area contributed by atoms with Gasteiger partial charge in [0.15, 0.2) is 0 Å². The molecule has 0 fully saturated rings. The summed E-state index contributed by atoms with van der Waals surface area (Å²) in [5.74, 6) is -0.246. The number of amides is 2. The molecule has 0 aliphatic carbocycles. The van der Waals surface area contributed by atoms with Crippen molar-refractivity contribution in [3.05, 3.63) is 60.2 Å². The van der Waals surface area contributed by atoms with Gasteiger partial charge < -0.3 is 5.32 Å². The second-order valence-electron chi connectivity index (χ2n) is 5.08. The molecule has 110 valence electrons. The number of hydrazone groups is 1. The van der Waals surface area contributed by atoms with E-state index in [4.69, 9.17) is 0 Å². The average molecular weight is 293 g/mol. The van der Waals surface area contributed by atoms with Crippen LogP contribution in [0.5, 0.6) is 0 Å². The first-order valence-corrected chi connectivity index (χ1v) is 6.97. The second kappa shape index (κ2) is 5.81. The number of carbonyl (C=O) groups is 2. The molecule has 1 aliphatic heterocycles. The Morgan fingerprint density at radius 2 is 1.77 bits per heavy atom. The maximum absolute atomic E-state index is 12.1. The van der Waals surface area contributed by atoms with E-state index >= 15 is 0 Å². The molecule has 2 amide bonds. The number of hydrogen-bond acceptors (Lipinski definition) is 3. The van der Waals surface area contributed by atoms with Crippen LogP contribution in [0.15, 0.2) is 59.7 Å². The van der Waals surface area contributed by atoms with Gasteiger partial charge in [0.05, 0.1) is 12.1 Å². The van der Waals surface area contributed by atoms with Crippen molar-refractivity contribution in [3.63, 3.8) is 0 Å². The van der Waals surface area contributed by atoms with Crippen LogP contribution in [0.25, 0.3) is 0 Å². The van der Waals surface area contributed by atoms with Crippen molar-refractivity contribution in [2.45, 2.75) is 13.3 Å². The fraction of sp³-hybridized carbons (Fsp3) is 0.118. The number of rotatable bonds is 3. The zero-order chi connectivity index (χ0) is 15.5. The average Bonchev–Trinajstić information content (AvgIpc) is 2.87. The third-order valence-electron chi connectivity index (χ3n) is 3.32. The first-order chi connectivity index (χ1) is 10.6. The fourth-order valence-electron chi connectivity index (χ4n) is 2.24. The molecule has 0 saturated heterocycles. The number of carbonyl (C=O) groups excluding carboxylic acids is 2. The molecule has 0 bridgehead atoms. The summed E-state index contributed by atoms with van der Waals surface area (Å²) in [5.41, 5.74) is 2.72. The zero-order valence-electron chi connectivity index (χ0n) is 12.1. The summed E-state index contributed by atoms with van der Waals surface area (Å²) in [7, 11) is 0. The van der Waals surface area contributed by atoms with Crippen LogP contribution in [-0.4, -0.2) is 17.5 Å². The van der Waals surface area contributed by atoms with Crippen LogP contribution < -0.4 is 10.3 Å². The lowest BCUT2D eigenvalue weighted by atomic mass is 10.2. The van der Waals surface area contributed by atoms with Gasteiger partial charge in [0.1, 0.15) is 0 Å². The summed E-state index contributed by atoms with van der Waals surface area (Å²) < 4.78 is 0. The summed E-state index contributed by atoms with van der Waals surface area (Å²) in [4.78, 5) is 23.9. The highest BCUT2D eigenvalue weighted by Gasteiger charge is 2.22. The molecular formula is C17H15N3O2. The van der Waals surface area contributed by atoms with Crippen LogP contribution in [0, 0.1) is 0 Å². The number of para-hydroxylation sites is 1. The minimum atomic E-state index is -0.190. The molecule has 0 radical (unpaired) electrons. The van der Waals surface area contributed by atoms with Gasteiger partial charge in [-0.2, -0.15) is 5.10 Å². The van der Waals surface area contributed by atoms with Crippen molar-refractivity contribution in [1.29, 1.82) is 0 Å². The quantitative estimate of drug-likeness (QED) is 0.945. The molecule has 1 heterocycles. The number of nitrogens with one attached hydrogen (secondary N) is 1. The third kappa shape index (κ3) is 2.88. The normalized spacial score (nSPS) is 14.0. The molecule has 0 saturated carbocycles. The summed E-state index contributed by atoms with van der Waals surface area (Å²) in [5, 5.41) is 8.37. The predicted octanol–water partition coefficient (Wildman–Crippen LogP) is 3.05. The standard InChI is InChI=1S/C17H15N3O2/c1-12-11-16(21)20(19-12)15-9-7-13(8-10-15)17(22)18-14-5-3-2-4-6-14/h2-10H,11H2,1H3,(H,18,22). The van der Waals surface area contributed by atoms with Crippen molar-refractivity contribution in [2.24, 2.45) is 5.10 Å². The van der Waals surface area contributed by atoms with Crippen LogP contribution in [0.4, 0.5) is 11.4 Å². The highest BCUT2D eigenvalue weighted by Crippen LogP contribution is 2.21. The Bertz CT molecular complexity index is 736. The van der Waals surface area contributed by atoms with Crippen LogP contribution in [0.1, 0.15) is 23.7 Å². The lowest BCUT2D eigenvalue weighted by Gasteiger charge is -2.12. The van der Waals surface area contributed by atoms with Crippen LogP contribution in [0.2, 0.25) is 0 Å². The summed E-state index contributed by atoms with van der Waals surface area (Å²) in [6.07, 6.45) is 0.343. The molecule has 1 aliphatic rings. The molecule has 0 unspecified atom stereocenters. The minimum Gasteiger partial charge on any atom is -0.322 e. The molecule has 0 atom stereocenters. The summed E-state index contributed by atoms with van der Waals surface area (Å²) in [6.45, 7) is 1.82. The minimum absolute atomic E-state index is 0.0565. The Kier molecular flexibility index (Phi) is 3.70. The summed E-state index contributed by atoms with van der Waals surface area (Å²) in [6, 6.07) is 16.1. The van der Waals surface area contributed by atoms with Gasteiger partial charge in [-0.05, 0) is 43.3 Å². The van der Waals surface area contributed by atoms with Crippen molar-refractivity contribution >= 4 is 28.9 Å². The lowest BCUT2D eigenvalue weighted by Crippen LogP contribution is -2.19. The SMILES string of the molecule is CC1=NN(c2ccc(C(=O)Nc3ccccc3)cc2)C(=O)C1. The molecule has 22 heavy (non-hydrogen) atoms. The largest absolute Gasteiger partial charge is 0.322 e. The molecule has 0 spiro atoms. The number of hydrogen-bond donors (Lipinski definition) is 1. The molecule has 5 nitrogen and oxygen atoms in total. The van der Waals surface area contributed by atoms with Crippen molar-refractivity contribution in [2.75, 3.05) is 10.3 Å². The highest BCUT2D eigenvalue weighted by molar-refractivity contribution is 6.12. The maximum Gasteiger partial charge on any atom is 0.255 e. The van der Waals surface area contributed by atoms with E-state index in [1.165, 1.54) is 5.01 Å². The molecular weight excluding hydrogens is 278 g/mol. The monoisotopic (exact) mass is 293 g/mol. The zero-order valence-corrected chi connectivity index (χ0v) is 12.1. The van der Waals surface area contributed by atoms with Gasteiger partial charge >= 0.3 is 0 Å². The van der Waals surface area contributed by atoms with Gasteiger partial charge in [-0.3, -0.25) is 9.59 Å². The van der Waals surface area contributed by atoms with Gasteiger partial charge in [-0.1, -0.05) is 18.2 Å². The lowest BCUT2D eigenvalue weighted by molar-refractivity contribution is -0.116. The number of nitrogens with zero attached hydrogens (tertiary/aromatic N) is 2. The Morgan fingerprint density at radius 1 is 1.09 bits per heavy atom. The molecule has 1 N–H and O–H groups in total. The molecule has 5 heteroatoms. The maximum atomic E-state index is 12.1. The van der Waals surface area contributed by atoms with E-state index in [0.29, 0.717) is 17.7 Å². The van der Waals surface area contributed by atoms with Crippen molar-refractivity contribution in [3.8, 4) is 0 Å². The molecule has 2 aromatic rings. The van der Waals surface area contributed by atoms with E-state index in [2.05, 4.69) is 10.4 Å². The van der Waals surface area contributed by atoms with Gasteiger partial charge in [-0.15, -0.1) is 0 Å². The van der Waals surface area contributed by atoms with Crippen LogP contribution in [-0.2, 0) is 4.79 Å². The Hall–Kier alpha value is -2.95.